The highest BCUT2D eigenvalue weighted by atomic mass is 16.6. The molecule has 2 aliphatic carbocycles. The molecular formula is C40H64O3. The van der Waals surface area contributed by atoms with Gasteiger partial charge in [0.05, 0.1) is 12.2 Å². The summed E-state index contributed by atoms with van der Waals surface area (Å²) in [6.45, 7) is 22.3. The summed E-state index contributed by atoms with van der Waals surface area (Å²) in [5, 5.41) is 20.4. The van der Waals surface area contributed by atoms with Gasteiger partial charge < -0.3 is 14.9 Å². The molecule has 0 spiro atoms. The van der Waals surface area contributed by atoms with E-state index in [9.17, 15) is 10.2 Å². The standard InChI is InChI=1S/C40H64O3/c1-29(17-13-19-31(3)21-22-36-33(5)25-34(41)26-37(36,6)7)15-11-12-16-30(2)18-14-20-32(4)23-24-40-38(8,9)27-35(42)28-39(40,10)43-40/h13-14,19-20,23-24,29-32,34-35,41-42H,11-12,15-18,25-28H2,1-10H3/b19-13+,20-14+,24-23+/t29?,30?,31?,32?,34-,35+,39-,40+/m1/s1. The van der Waals surface area contributed by atoms with Crippen LogP contribution in [0.25, 0.3) is 0 Å². The van der Waals surface area contributed by atoms with Crippen molar-refractivity contribution in [2.75, 3.05) is 0 Å². The number of rotatable bonds is 13. The van der Waals surface area contributed by atoms with Gasteiger partial charge in [-0.25, -0.2) is 0 Å². The SMILES string of the molecule is CC1=C(C#CC(C)/C=C/CC(C)CCCCC(C)C/C=C/C(C)/C=C/[C@@]23O[C@]2(C)C[C@@H](O)CC3(C)C)C(C)(C)C[C@H](O)C1. The van der Waals surface area contributed by atoms with E-state index in [2.05, 4.69) is 118 Å². The highest BCUT2D eigenvalue weighted by molar-refractivity contribution is 5.40. The molecule has 0 aromatic rings. The average molecular weight is 593 g/mol. The van der Waals surface area contributed by atoms with Gasteiger partial charge in [-0.1, -0.05) is 128 Å². The van der Waals surface area contributed by atoms with Crippen LogP contribution in [0.2, 0.25) is 0 Å². The molecule has 0 aromatic heterocycles. The van der Waals surface area contributed by atoms with Crippen LogP contribution in [0.3, 0.4) is 0 Å². The Morgan fingerprint density at radius 2 is 1.44 bits per heavy atom. The van der Waals surface area contributed by atoms with Crippen molar-refractivity contribution in [1.29, 1.82) is 0 Å². The fourth-order valence-electron chi connectivity index (χ4n) is 8.00. The number of aliphatic hydroxyl groups is 2. The Bertz CT molecular complexity index is 1110. The lowest BCUT2D eigenvalue weighted by atomic mass is 9.63. The summed E-state index contributed by atoms with van der Waals surface area (Å²) in [4.78, 5) is 0. The van der Waals surface area contributed by atoms with E-state index in [0.717, 1.165) is 38.5 Å². The van der Waals surface area contributed by atoms with E-state index in [1.54, 1.807) is 0 Å². The highest BCUT2D eigenvalue weighted by Crippen LogP contribution is 2.66. The minimum atomic E-state index is -0.262. The van der Waals surface area contributed by atoms with Crippen molar-refractivity contribution < 1.29 is 14.9 Å². The number of unbranched alkanes of at least 4 members (excludes halogenated alkanes) is 1. The summed E-state index contributed by atoms with van der Waals surface area (Å²) < 4.78 is 6.29. The maximum absolute atomic E-state index is 10.3. The largest absolute Gasteiger partial charge is 0.393 e. The molecular weight excluding hydrogens is 528 g/mol. The molecule has 3 heteroatoms. The molecule has 0 bridgehead atoms. The fourth-order valence-corrected chi connectivity index (χ4v) is 8.00. The zero-order valence-electron chi connectivity index (χ0n) is 29.3. The number of hydrogen-bond donors (Lipinski definition) is 2. The number of epoxide rings is 1. The minimum Gasteiger partial charge on any atom is -0.393 e. The first-order valence-corrected chi connectivity index (χ1v) is 17.3. The normalized spacial score (nSPS) is 32.8. The Balaban J connectivity index is 1.31. The highest BCUT2D eigenvalue weighted by Gasteiger charge is 2.74. The summed E-state index contributed by atoms with van der Waals surface area (Å²) in [6.07, 6.45) is 23.9. The predicted molar refractivity (Wildman–Crippen MR) is 183 cm³/mol. The molecule has 3 nitrogen and oxygen atoms in total. The van der Waals surface area contributed by atoms with Crippen LogP contribution in [0.15, 0.2) is 47.6 Å². The van der Waals surface area contributed by atoms with Gasteiger partial charge in [0, 0.05) is 28.7 Å². The second-order valence-electron chi connectivity index (χ2n) is 16.2. The molecule has 1 saturated carbocycles. The Morgan fingerprint density at radius 3 is 2.02 bits per heavy atom. The van der Waals surface area contributed by atoms with Crippen molar-refractivity contribution in [2.45, 2.75) is 157 Å². The van der Waals surface area contributed by atoms with E-state index >= 15 is 0 Å². The summed E-state index contributed by atoms with van der Waals surface area (Å²) >= 11 is 0. The van der Waals surface area contributed by atoms with Crippen molar-refractivity contribution in [3.05, 3.63) is 47.6 Å². The molecule has 1 aliphatic heterocycles. The molecule has 0 aromatic carbocycles. The van der Waals surface area contributed by atoms with Crippen LogP contribution < -0.4 is 0 Å². The summed E-state index contributed by atoms with van der Waals surface area (Å²) in [5.41, 5.74) is 1.93. The van der Waals surface area contributed by atoms with Crippen LogP contribution in [0, 0.1) is 46.3 Å². The van der Waals surface area contributed by atoms with E-state index < -0.39 is 0 Å². The van der Waals surface area contributed by atoms with Gasteiger partial charge in [0.2, 0.25) is 0 Å². The first-order chi connectivity index (χ1) is 20.0. The quantitative estimate of drug-likeness (QED) is 0.0969. The molecule has 2 fully saturated rings. The summed E-state index contributed by atoms with van der Waals surface area (Å²) in [7, 11) is 0. The molecule has 0 amide bonds. The lowest BCUT2D eigenvalue weighted by molar-refractivity contribution is 0.0514. The van der Waals surface area contributed by atoms with Crippen LogP contribution >= 0.6 is 0 Å². The topological polar surface area (TPSA) is 53.0 Å². The Kier molecular flexibility index (Phi) is 12.2. The number of allylic oxidation sites excluding steroid dienone is 6. The zero-order valence-corrected chi connectivity index (χ0v) is 29.3. The number of fused-ring (bicyclic) bond motifs is 1. The van der Waals surface area contributed by atoms with E-state index in [1.165, 1.54) is 36.8 Å². The van der Waals surface area contributed by atoms with Crippen molar-refractivity contribution in [2.24, 2.45) is 34.5 Å². The molecule has 1 heterocycles. The molecule has 8 atom stereocenters. The summed E-state index contributed by atoms with van der Waals surface area (Å²) in [6, 6.07) is 0. The van der Waals surface area contributed by atoms with Gasteiger partial charge in [-0.2, -0.15) is 0 Å². The van der Waals surface area contributed by atoms with E-state index in [4.69, 9.17) is 4.74 Å². The molecule has 4 unspecified atom stereocenters. The minimum absolute atomic E-state index is 0.0384. The monoisotopic (exact) mass is 592 g/mol. The second kappa shape index (κ2) is 14.7. The molecule has 43 heavy (non-hydrogen) atoms. The van der Waals surface area contributed by atoms with Crippen LogP contribution in [-0.2, 0) is 4.74 Å². The van der Waals surface area contributed by atoms with Crippen LogP contribution in [0.4, 0.5) is 0 Å². The zero-order chi connectivity index (χ0) is 32.1. The fraction of sp³-hybridized carbons (Fsp3) is 0.750. The van der Waals surface area contributed by atoms with E-state index in [0.29, 0.717) is 17.8 Å². The van der Waals surface area contributed by atoms with Crippen molar-refractivity contribution in [3.63, 3.8) is 0 Å². The third kappa shape index (κ3) is 9.45. The first kappa shape index (κ1) is 35.9. The lowest BCUT2D eigenvalue weighted by Gasteiger charge is -2.39. The van der Waals surface area contributed by atoms with Gasteiger partial charge in [-0.3, -0.25) is 0 Å². The van der Waals surface area contributed by atoms with E-state index in [1.807, 2.05) is 0 Å². The number of aliphatic hydroxyl groups excluding tert-OH is 2. The van der Waals surface area contributed by atoms with Gasteiger partial charge in [0.15, 0.2) is 0 Å². The maximum Gasteiger partial charge on any atom is 0.121 e. The van der Waals surface area contributed by atoms with Gasteiger partial charge in [0.25, 0.3) is 0 Å². The molecule has 3 aliphatic rings. The Hall–Kier alpha value is -1.60. The van der Waals surface area contributed by atoms with Crippen molar-refractivity contribution >= 4 is 0 Å². The molecule has 1 saturated heterocycles. The van der Waals surface area contributed by atoms with Gasteiger partial charge in [-0.05, 0) is 70.6 Å². The Labute approximate surface area is 265 Å². The third-order valence-corrected chi connectivity index (χ3v) is 10.5. The number of hydrogen-bond acceptors (Lipinski definition) is 3. The lowest BCUT2D eigenvalue weighted by Crippen LogP contribution is -2.46. The summed E-state index contributed by atoms with van der Waals surface area (Å²) in [5.74, 6) is 8.97. The predicted octanol–water partition coefficient (Wildman–Crippen LogP) is 9.75. The third-order valence-electron chi connectivity index (χ3n) is 10.5. The van der Waals surface area contributed by atoms with Crippen LogP contribution in [0.5, 0.6) is 0 Å². The van der Waals surface area contributed by atoms with Gasteiger partial charge in [0.1, 0.15) is 11.2 Å². The molecule has 0 radical (unpaired) electrons. The number of ether oxygens (including phenoxy) is 1. The maximum atomic E-state index is 10.3. The second-order valence-corrected chi connectivity index (χ2v) is 16.2. The molecule has 2 N–H and O–H groups in total. The smallest absolute Gasteiger partial charge is 0.121 e. The molecule has 3 rings (SSSR count). The van der Waals surface area contributed by atoms with Crippen molar-refractivity contribution in [3.8, 4) is 11.8 Å². The average Bonchev–Trinajstić information content (AvgIpc) is 3.49. The van der Waals surface area contributed by atoms with Gasteiger partial charge >= 0.3 is 0 Å². The first-order valence-electron chi connectivity index (χ1n) is 17.3. The van der Waals surface area contributed by atoms with Crippen LogP contribution in [-0.4, -0.2) is 33.6 Å². The Morgan fingerprint density at radius 1 is 0.837 bits per heavy atom. The van der Waals surface area contributed by atoms with Gasteiger partial charge in [-0.15, -0.1) is 0 Å². The molecule has 242 valence electrons. The van der Waals surface area contributed by atoms with Crippen LogP contribution in [0.1, 0.15) is 133 Å². The van der Waals surface area contributed by atoms with E-state index in [-0.39, 0.29) is 40.2 Å². The van der Waals surface area contributed by atoms with Crippen molar-refractivity contribution in [1.82, 2.24) is 0 Å².